The second-order valence-corrected chi connectivity index (χ2v) is 5.31. The van der Waals surface area contributed by atoms with Crippen LogP contribution in [0.2, 0.25) is 0 Å². The van der Waals surface area contributed by atoms with E-state index in [0.717, 1.165) is 31.5 Å². The van der Waals surface area contributed by atoms with E-state index < -0.39 is 0 Å². The molecule has 0 bridgehead atoms. The fraction of sp³-hybridized carbons (Fsp3) is 0.294. The predicted molar refractivity (Wildman–Crippen MR) is 83.4 cm³/mol. The molecule has 1 aromatic heterocycles. The van der Waals surface area contributed by atoms with Crippen LogP contribution in [0.1, 0.15) is 23.2 Å². The van der Waals surface area contributed by atoms with E-state index in [1.165, 1.54) is 5.69 Å². The van der Waals surface area contributed by atoms with Crippen LogP contribution in [0.4, 0.5) is 5.69 Å². The smallest absolute Gasteiger partial charge is 0.251 e. The minimum atomic E-state index is 0.0259. The molecular formula is C17H19N3O. The van der Waals surface area contributed by atoms with Gasteiger partial charge in [0.1, 0.15) is 0 Å². The van der Waals surface area contributed by atoms with Crippen molar-refractivity contribution in [2.75, 3.05) is 18.0 Å². The van der Waals surface area contributed by atoms with E-state index in [1.54, 1.807) is 0 Å². The number of benzene rings is 1. The summed E-state index contributed by atoms with van der Waals surface area (Å²) >= 11 is 0. The Morgan fingerprint density at radius 2 is 1.71 bits per heavy atom. The van der Waals surface area contributed by atoms with Crippen LogP contribution < -0.4 is 10.2 Å². The van der Waals surface area contributed by atoms with Gasteiger partial charge in [-0.3, -0.25) is 9.78 Å². The summed E-state index contributed by atoms with van der Waals surface area (Å²) in [6.45, 7) is 1.92. The first kappa shape index (κ1) is 13.6. The number of anilines is 1. The molecule has 0 spiro atoms. The first-order valence-corrected chi connectivity index (χ1v) is 7.34. The maximum atomic E-state index is 12.1. The van der Waals surface area contributed by atoms with Gasteiger partial charge in [0.15, 0.2) is 0 Å². The van der Waals surface area contributed by atoms with Crippen molar-refractivity contribution >= 4 is 11.6 Å². The van der Waals surface area contributed by atoms with Crippen molar-refractivity contribution in [1.29, 1.82) is 0 Å². The molecule has 0 unspecified atom stereocenters. The van der Waals surface area contributed by atoms with Crippen molar-refractivity contribution in [2.24, 2.45) is 0 Å². The summed E-state index contributed by atoms with van der Waals surface area (Å²) in [5.41, 5.74) is 1.94. The Balaban J connectivity index is 1.53. The Labute approximate surface area is 124 Å². The van der Waals surface area contributed by atoms with Crippen molar-refractivity contribution in [1.82, 2.24) is 10.3 Å². The lowest BCUT2D eigenvalue weighted by molar-refractivity contribution is 0.0931. The molecule has 4 heteroatoms. The number of carbonyl (C=O) groups excluding carboxylic acids is 1. The molecule has 1 fully saturated rings. The van der Waals surface area contributed by atoms with Gasteiger partial charge in [-0.2, -0.15) is 0 Å². The molecule has 0 aliphatic carbocycles. The molecule has 2 heterocycles. The van der Waals surface area contributed by atoms with Crippen LogP contribution in [0.25, 0.3) is 0 Å². The maximum absolute atomic E-state index is 12.1. The van der Waals surface area contributed by atoms with Crippen molar-refractivity contribution < 1.29 is 4.79 Å². The number of pyridine rings is 1. The Morgan fingerprint density at radius 3 is 2.38 bits per heavy atom. The summed E-state index contributed by atoms with van der Waals surface area (Å²) in [4.78, 5) is 18.5. The Hall–Kier alpha value is -2.36. The zero-order chi connectivity index (χ0) is 14.5. The van der Waals surface area contributed by atoms with Gasteiger partial charge < -0.3 is 10.2 Å². The van der Waals surface area contributed by atoms with Crippen LogP contribution in [-0.4, -0.2) is 30.0 Å². The molecule has 21 heavy (non-hydrogen) atoms. The van der Waals surface area contributed by atoms with Crippen LogP contribution in [-0.2, 0) is 0 Å². The van der Waals surface area contributed by atoms with Gasteiger partial charge in [-0.1, -0.05) is 18.2 Å². The fourth-order valence-electron chi connectivity index (χ4n) is 2.70. The van der Waals surface area contributed by atoms with Gasteiger partial charge in [-0.25, -0.2) is 0 Å². The van der Waals surface area contributed by atoms with Crippen LogP contribution >= 0.6 is 0 Å². The molecule has 1 N–H and O–H groups in total. The lowest BCUT2D eigenvalue weighted by Crippen LogP contribution is -2.44. The number of nitrogens with one attached hydrogen (secondary N) is 1. The van der Waals surface area contributed by atoms with Crippen LogP contribution in [0.5, 0.6) is 0 Å². The average Bonchev–Trinajstić information content (AvgIpc) is 2.57. The highest BCUT2D eigenvalue weighted by atomic mass is 16.1. The largest absolute Gasteiger partial charge is 0.371 e. The molecule has 0 saturated carbocycles. The Morgan fingerprint density at radius 1 is 1.05 bits per heavy atom. The number of rotatable bonds is 3. The first-order valence-electron chi connectivity index (χ1n) is 7.34. The summed E-state index contributed by atoms with van der Waals surface area (Å²) in [6.07, 6.45) is 5.58. The van der Waals surface area contributed by atoms with E-state index in [2.05, 4.69) is 15.2 Å². The van der Waals surface area contributed by atoms with Crippen LogP contribution in [0, 0.1) is 0 Å². The van der Waals surface area contributed by atoms with E-state index in [-0.39, 0.29) is 11.9 Å². The van der Waals surface area contributed by atoms with Gasteiger partial charge in [-0.15, -0.1) is 0 Å². The molecule has 0 radical (unpaired) electrons. The number of hydrogen-bond donors (Lipinski definition) is 1. The number of amides is 1. The first-order chi connectivity index (χ1) is 10.3. The molecule has 1 aromatic carbocycles. The third-order valence-corrected chi connectivity index (χ3v) is 3.89. The number of carbonyl (C=O) groups is 1. The highest BCUT2D eigenvalue weighted by Crippen LogP contribution is 2.19. The van der Waals surface area contributed by atoms with Crippen LogP contribution in [0.3, 0.4) is 0 Å². The number of hydrogen-bond acceptors (Lipinski definition) is 3. The van der Waals surface area contributed by atoms with E-state index >= 15 is 0 Å². The minimum Gasteiger partial charge on any atom is -0.371 e. The zero-order valence-electron chi connectivity index (χ0n) is 11.9. The molecule has 0 atom stereocenters. The molecule has 3 rings (SSSR count). The summed E-state index contributed by atoms with van der Waals surface area (Å²) in [6, 6.07) is 13.7. The number of piperidine rings is 1. The summed E-state index contributed by atoms with van der Waals surface area (Å²) in [5.74, 6) is 0.0259. The second-order valence-electron chi connectivity index (χ2n) is 5.31. The lowest BCUT2D eigenvalue weighted by Gasteiger charge is -2.33. The third kappa shape index (κ3) is 3.40. The van der Waals surface area contributed by atoms with E-state index in [9.17, 15) is 4.79 Å². The Kier molecular flexibility index (Phi) is 4.15. The zero-order valence-corrected chi connectivity index (χ0v) is 11.9. The van der Waals surface area contributed by atoms with Crippen molar-refractivity contribution in [3.05, 3.63) is 60.4 Å². The van der Waals surface area contributed by atoms with E-state index in [1.807, 2.05) is 54.9 Å². The quantitative estimate of drug-likeness (QED) is 0.940. The van der Waals surface area contributed by atoms with Crippen molar-refractivity contribution in [3.8, 4) is 0 Å². The molecule has 4 nitrogen and oxygen atoms in total. The molecule has 108 valence electrons. The molecule has 1 saturated heterocycles. The standard InChI is InChI=1S/C17H19N3O/c21-17(14-4-2-1-3-5-14)19-15-8-12-20(13-9-15)16-6-10-18-11-7-16/h1-7,10-11,15H,8-9,12-13H2,(H,19,21). The molecule has 1 aliphatic heterocycles. The van der Waals surface area contributed by atoms with Gasteiger partial charge in [0.2, 0.25) is 0 Å². The van der Waals surface area contributed by atoms with Crippen LogP contribution in [0.15, 0.2) is 54.9 Å². The monoisotopic (exact) mass is 281 g/mol. The lowest BCUT2D eigenvalue weighted by atomic mass is 10.0. The maximum Gasteiger partial charge on any atom is 0.251 e. The van der Waals surface area contributed by atoms with Gasteiger partial charge in [0, 0.05) is 42.8 Å². The van der Waals surface area contributed by atoms with Crippen molar-refractivity contribution in [3.63, 3.8) is 0 Å². The molecular weight excluding hydrogens is 262 g/mol. The van der Waals surface area contributed by atoms with Gasteiger partial charge >= 0.3 is 0 Å². The highest BCUT2D eigenvalue weighted by Gasteiger charge is 2.21. The molecule has 2 aromatic rings. The second kappa shape index (κ2) is 6.39. The van der Waals surface area contributed by atoms with Gasteiger partial charge in [0.05, 0.1) is 0 Å². The fourth-order valence-corrected chi connectivity index (χ4v) is 2.70. The van der Waals surface area contributed by atoms with Crippen molar-refractivity contribution in [2.45, 2.75) is 18.9 Å². The number of nitrogens with zero attached hydrogens (tertiary/aromatic N) is 2. The number of aromatic nitrogens is 1. The summed E-state index contributed by atoms with van der Waals surface area (Å²) in [5, 5.41) is 3.13. The predicted octanol–water partition coefficient (Wildman–Crippen LogP) is 2.48. The molecule has 1 aliphatic rings. The SMILES string of the molecule is O=C(NC1CCN(c2ccncc2)CC1)c1ccccc1. The van der Waals surface area contributed by atoms with Gasteiger partial charge in [0.25, 0.3) is 5.91 Å². The average molecular weight is 281 g/mol. The third-order valence-electron chi connectivity index (χ3n) is 3.89. The molecule has 1 amide bonds. The summed E-state index contributed by atoms with van der Waals surface area (Å²) in [7, 11) is 0. The minimum absolute atomic E-state index is 0.0259. The van der Waals surface area contributed by atoms with E-state index in [0.29, 0.717) is 0 Å². The van der Waals surface area contributed by atoms with E-state index in [4.69, 9.17) is 0 Å². The van der Waals surface area contributed by atoms with Gasteiger partial charge in [-0.05, 0) is 37.1 Å². The highest BCUT2D eigenvalue weighted by molar-refractivity contribution is 5.94. The topological polar surface area (TPSA) is 45.2 Å². The normalized spacial score (nSPS) is 15.7. The Bertz CT molecular complexity index is 577. The summed E-state index contributed by atoms with van der Waals surface area (Å²) < 4.78 is 0.